The molecule has 5 heteroatoms. The summed E-state index contributed by atoms with van der Waals surface area (Å²) in [4.78, 5) is 0. The van der Waals surface area contributed by atoms with E-state index < -0.39 is 0 Å². The number of para-hydroxylation sites is 1. The van der Waals surface area contributed by atoms with Crippen molar-refractivity contribution in [2.45, 2.75) is 6.61 Å². The van der Waals surface area contributed by atoms with Gasteiger partial charge in [-0.15, -0.1) is 5.10 Å². The molecule has 0 aliphatic heterocycles. The van der Waals surface area contributed by atoms with Gasteiger partial charge in [0.15, 0.2) is 0 Å². The summed E-state index contributed by atoms with van der Waals surface area (Å²) in [5.41, 5.74) is 1.68. The molecule has 4 nitrogen and oxygen atoms in total. The monoisotopic (exact) mass is 285 g/mol. The van der Waals surface area contributed by atoms with Crippen LogP contribution in [0.3, 0.4) is 0 Å². The van der Waals surface area contributed by atoms with Crippen molar-refractivity contribution in [3.8, 4) is 11.4 Å². The average molecular weight is 286 g/mol. The van der Waals surface area contributed by atoms with E-state index in [-0.39, 0.29) is 0 Å². The van der Waals surface area contributed by atoms with Crippen LogP contribution in [0.1, 0.15) is 5.69 Å². The van der Waals surface area contributed by atoms with Crippen LogP contribution in [0, 0.1) is 0 Å². The summed E-state index contributed by atoms with van der Waals surface area (Å²) < 4.78 is 7.32. The number of rotatable bonds is 4. The highest BCUT2D eigenvalue weighted by molar-refractivity contribution is 6.30. The first-order valence-electron chi connectivity index (χ1n) is 6.16. The largest absolute Gasteiger partial charge is 0.487 e. The average Bonchev–Trinajstić information content (AvgIpc) is 2.96. The van der Waals surface area contributed by atoms with E-state index >= 15 is 0 Å². The first-order valence-corrected chi connectivity index (χ1v) is 6.54. The molecule has 0 aliphatic rings. The number of aromatic nitrogens is 3. The maximum Gasteiger partial charge on any atom is 0.134 e. The Balaban J connectivity index is 1.69. The molecular weight excluding hydrogens is 274 g/mol. The molecule has 3 aromatic rings. The number of nitrogens with zero attached hydrogens (tertiary/aromatic N) is 3. The number of ether oxygens (including phenoxy) is 1. The van der Waals surface area contributed by atoms with Gasteiger partial charge in [0.2, 0.25) is 0 Å². The SMILES string of the molecule is Clc1ccc(-n2cc(COc3ccccc3)nn2)cc1. The lowest BCUT2D eigenvalue weighted by Crippen LogP contribution is -1.95. The maximum absolute atomic E-state index is 5.86. The second kappa shape index (κ2) is 5.75. The number of hydrogen-bond donors (Lipinski definition) is 0. The van der Waals surface area contributed by atoms with Crippen LogP contribution in [0.25, 0.3) is 5.69 Å². The van der Waals surface area contributed by atoms with Crippen molar-refractivity contribution in [2.24, 2.45) is 0 Å². The van der Waals surface area contributed by atoms with Gasteiger partial charge in [-0.2, -0.15) is 0 Å². The highest BCUT2D eigenvalue weighted by atomic mass is 35.5. The third-order valence-electron chi connectivity index (χ3n) is 2.76. The van der Waals surface area contributed by atoms with Crippen molar-refractivity contribution >= 4 is 11.6 Å². The minimum Gasteiger partial charge on any atom is -0.487 e. The molecule has 0 saturated carbocycles. The van der Waals surface area contributed by atoms with Crippen LogP contribution in [0.4, 0.5) is 0 Å². The van der Waals surface area contributed by atoms with Gasteiger partial charge in [-0.1, -0.05) is 35.0 Å². The summed E-state index contributed by atoms with van der Waals surface area (Å²) >= 11 is 5.86. The minimum absolute atomic E-state index is 0.387. The first kappa shape index (κ1) is 12.7. The zero-order valence-corrected chi connectivity index (χ0v) is 11.4. The number of hydrogen-bond acceptors (Lipinski definition) is 3. The fraction of sp³-hybridized carbons (Fsp3) is 0.0667. The molecule has 0 aliphatic carbocycles. The second-order valence-corrected chi connectivity index (χ2v) is 4.67. The van der Waals surface area contributed by atoms with Crippen LogP contribution in [-0.4, -0.2) is 15.0 Å². The molecule has 0 radical (unpaired) electrons. The van der Waals surface area contributed by atoms with Crippen LogP contribution < -0.4 is 4.74 Å². The zero-order valence-electron chi connectivity index (χ0n) is 10.6. The van der Waals surface area contributed by atoms with Gasteiger partial charge in [0, 0.05) is 5.02 Å². The van der Waals surface area contributed by atoms with E-state index in [1.54, 1.807) is 4.68 Å². The van der Waals surface area contributed by atoms with Gasteiger partial charge >= 0.3 is 0 Å². The van der Waals surface area contributed by atoms with Crippen molar-refractivity contribution in [3.05, 3.63) is 71.5 Å². The van der Waals surface area contributed by atoms with E-state index in [4.69, 9.17) is 16.3 Å². The third kappa shape index (κ3) is 2.97. The lowest BCUT2D eigenvalue weighted by molar-refractivity contribution is 0.301. The minimum atomic E-state index is 0.387. The van der Waals surface area contributed by atoms with Crippen LogP contribution in [0.15, 0.2) is 60.8 Å². The van der Waals surface area contributed by atoms with Gasteiger partial charge in [0.25, 0.3) is 0 Å². The summed E-state index contributed by atoms with van der Waals surface area (Å²) in [6.07, 6.45) is 1.84. The van der Waals surface area contributed by atoms with Gasteiger partial charge in [0.1, 0.15) is 18.1 Å². The number of benzene rings is 2. The lowest BCUT2D eigenvalue weighted by atomic mass is 10.3. The van der Waals surface area contributed by atoms with Crippen molar-refractivity contribution in [1.29, 1.82) is 0 Å². The Morgan fingerprint density at radius 2 is 1.75 bits per heavy atom. The van der Waals surface area contributed by atoms with E-state index in [1.165, 1.54) is 0 Å². The molecule has 2 aromatic carbocycles. The van der Waals surface area contributed by atoms with Gasteiger partial charge < -0.3 is 4.74 Å². The normalized spacial score (nSPS) is 10.4. The van der Waals surface area contributed by atoms with E-state index in [0.29, 0.717) is 11.6 Å². The molecule has 1 aromatic heterocycles. The van der Waals surface area contributed by atoms with Gasteiger partial charge in [0.05, 0.1) is 11.9 Å². The molecule has 0 atom stereocenters. The summed E-state index contributed by atoms with van der Waals surface area (Å²) in [5.74, 6) is 0.813. The van der Waals surface area contributed by atoms with Crippen molar-refractivity contribution in [3.63, 3.8) is 0 Å². The summed E-state index contributed by atoms with van der Waals surface area (Å²) in [7, 11) is 0. The van der Waals surface area contributed by atoms with E-state index in [9.17, 15) is 0 Å². The summed E-state index contributed by atoms with van der Waals surface area (Å²) in [5, 5.41) is 8.85. The maximum atomic E-state index is 5.86. The first-order chi connectivity index (χ1) is 9.81. The second-order valence-electron chi connectivity index (χ2n) is 4.23. The van der Waals surface area contributed by atoms with Crippen LogP contribution >= 0.6 is 11.6 Å². The van der Waals surface area contributed by atoms with E-state index in [0.717, 1.165) is 17.1 Å². The Labute approximate surface area is 121 Å². The molecule has 0 amide bonds. The molecule has 0 bridgehead atoms. The van der Waals surface area contributed by atoms with Crippen molar-refractivity contribution in [2.75, 3.05) is 0 Å². The Morgan fingerprint density at radius 3 is 2.50 bits per heavy atom. The smallest absolute Gasteiger partial charge is 0.134 e. The Morgan fingerprint density at radius 1 is 1.00 bits per heavy atom. The summed E-state index contributed by atoms with van der Waals surface area (Å²) in [6, 6.07) is 17.0. The topological polar surface area (TPSA) is 39.9 Å². The Bertz CT molecular complexity index is 680. The molecular formula is C15H12ClN3O. The highest BCUT2D eigenvalue weighted by Gasteiger charge is 2.03. The fourth-order valence-electron chi connectivity index (χ4n) is 1.76. The molecule has 0 N–H and O–H groups in total. The predicted octanol–water partition coefficient (Wildman–Crippen LogP) is 3.50. The fourth-order valence-corrected chi connectivity index (χ4v) is 1.88. The molecule has 0 unspecified atom stereocenters. The zero-order chi connectivity index (χ0) is 13.8. The van der Waals surface area contributed by atoms with Crippen LogP contribution in [0.5, 0.6) is 5.75 Å². The molecule has 0 saturated heterocycles. The molecule has 3 rings (SSSR count). The standard InChI is InChI=1S/C15H12ClN3O/c16-12-6-8-14(9-7-12)19-10-13(17-18-19)11-20-15-4-2-1-3-5-15/h1-10H,11H2. The summed E-state index contributed by atoms with van der Waals surface area (Å²) in [6.45, 7) is 0.387. The molecule has 20 heavy (non-hydrogen) atoms. The van der Waals surface area contributed by atoms with E-state index in [2.05, 4.69) is 10.3 Å². The van der Waals surface area contributed by atoms with Crippen molar-refractivity contribution in [1.82, 2.24) is 15.0 Å². The van der Waals surface area contributed by atoms with Gasteiger partial charge in [-0.25, -0.2) is 4.68 Å². The highest BCUT2D eigenvalue weighted by Crippen LogP contribution is 2.14. The quantitative estimate of drug-likeness (QED) is 0.736. The lowest BCUT2D eigenvalue weighted by Gasteiger charge is -2.02. The molecule has 1 heterocycles. The van der Waals surface area contributed by atoms with Crippen LogP contribution in [-0.2, 0) is 6.61 Å². The third-order valence-corrected chi connectivity index (χ3v) is 3.01. The molecule has 100 valence electrons. The van der Waals surface area contributed by atoms with Crippen molar-refractivity contribution < 1.29 is 4.74 Å². The van der Waals surface area contributed by atoms with Gasteiger partial charge in [-0.05, 0) is 36.4 Å². The number of halogens is 1. The molecule has 0 fully saturated rings. The Kier molecular flexibility index (Phi) is 3.65. The Hall–Kier alpha value is -2.33. The molecule has 0 spiro atoms. The van der Waals surface area contributed by atoms with E-state index in [1.807, 2.05) is 60.8 Å². The van der Waals surface area contributed by atoms with Crippen LogP contribution in [0.2, 0.25) is 5.02 Å². The predicted molar refractivity (Wildman–Crippen MR) is 77.1 cm³/mol. The van der Waals surface area contributed by atoms with Gasteiger partial charge in [-0.3, -0.25) is 0 Å².